The van der Waals surface area contributed by atoms with Crippen LogP contribution in [0.15, 0.2) is 12.1 Å². The summed E-state index contributed by atoms with van der Waals surface area (Å²) in [4.78, 5) is 39.3. The van der Waals surface area contributed by atoms with E-state index in [9.17, 15) is 23.2 Å². The molecule has 0 bridgehead atoms. The molecule has 1 aromatic rings. The fourth-order valence-corrected chi connectivity index (χ4v) is 4.22. The van der Waals surface area contributed by atoms with Crippen LogP contribution in [0.3, 0.4) is 0 Å². The lowest BCUT2D eigenvalue weighted by Gasteiger charge is -2.26. The van der Waals surface area contributed by atoms with Crippen LogP contribution in [0, 0.1) is 11.6 Å². The molecule has 11 heteroatoms. The zero-order valence-electron chi connectivity index (χ0n) is 21.0. The maximum absolute atomic E-state index is 14.9. The van der Waals surface area contributed by atoms with Crippen LogP contribution in [0.1, 0.15) is 64.7 Å². The quantitative estimate of drug-likeness (QED) is 0.192. The van der Waals surface area contributed by atoms with Gasteiger partial charge in [0, 0.05) is 33.9 Å². The van der Waals surface area contributed by atoms with E-state index in [2.05, 4.69) is 50.5 Å². The number of esters is 2. The molecule has 0 aliphatic heterocycles. The van der Waals surface area contributed by atoms with Crippen LogP contribution in [0.4, 0.5) is 14.5 Å². The number of ether oxygens (including phenoxy) is 2. The summed E-state index contributed by atoms with van der Waals surface area (Å²) in [6.45, 7) is 11.0. The number of rotatable bonds is 11. The number of nitrogens with zero attached hydrogens (tertiary/aromatic N) is 1. The lowest BCUT2D eigenvalue weighted by atomic mass is 10.1. The van der Waals surface area contributed by atoms with Gasteiger partial charge in [0.15, 0.2) is 0 Å². The highest BCUT2D eigenvalue weighted by molar-refractivity contribution is 14.1. The first kappa shape index (κ1) is 31.8. The molecule has 1 rings (SSSR count). The first-order valence-corrected chi connectivity index (χ1v) is 14.2. The van der Waals surface area contributed by atoms with E-state index in [1.807, 2.05) is 0 Å². The highest BCUT2D eigenvalue weighted by Gasteiger charge is 2.29. The lowest BCUT2D eigenvalue weighted by molar-refractivity contribution is -0.158. The second-order valence-electron chi connectivity index (χ2n) is 9.84. The number of nitrogens with one attached hydrogen (secondary N) is 1. The molecule has 35 heavy (non-hydrogen) atoms. The average molecular weight is 722 g/mol. The van der Waals surface area contributed by atoms with Gasteiger partial charge in [0.05, 0.1) is 0 Å². The van der Waals surface area contributed by atoms with Crippen LogP contribution in [0.5, 0.6) is 0 Å². The molecule has 0 spiro atoms. The Morgan fingerprint density at radius 3 is 1.86 bits per heavy atom. The molecule has 1 aromatic carbocycles. The zero-order valence-corrected chi connectivity index (χ0v) is 25.3. The van der Waals surface area contributed by atoms with Crippen molar-refractivity contribution in [1.29, 1.82) is 0 Å². The van der Waals surface area contributed by atoms with Crippen molar-refractivity contribution in [3.8, 4) is 0 Å². The molecular weight excluding hydrogens is 688 g/mol. The summed E-state index contributed by atoms with van der Waals surface area (Å²) < 4.78 is 41.7. The molecule has 1 N–H and O–H groups in total. The highest BCUT2D eigenvalue weighted by Crippen LogP contribution is 2.26. The third kappa shape index (κ3) is 11.6. The normalized spacial score (nSPS) is 12.6. The van der Waals surface area contributed by atoms with Crippen molar-refractivity contribution in [2.45, 2.75) is 71.6 Å². The summed E-state index contributed by atoms with van der Waals surface area (Å²) in [5.74, 6) is -3.90. The van der Waals surface area contributed by atoms with Crippen LogP contribution in [0.2, 0.25) is 0 Å². The summed E-state index contributed by atoms with van der Waals surface area (Å²) in [6, 6.07) is 0.678. The van der Waals surface area contributed by atoms with Crippen LogP contribution >= 0.6 is 45.2 Å². The number of carbonyl (C=O) groups is 3. The Balaban J connectivity index is 3.13. The Hall–Kier alpha value is -1.25. The minimum atomic E-state index is -1.21. The molecule has 1 amide bonds. The summed E-state index contributed by atoms with van der Waals surface area (Å²) in [5, 5.41) is 2.46. The summed E-state index contributed by atoms with van der Waals surface area (Å²) in [7, 11) is 0. The molecule has 0 radical (unpaired) electrons. The number of hydrogen-bond acceptors (Lipinski definition) is 6. The number of alkyl halides is 2. The van der Waals surface area contributed by atoms with Gasteiger partial charge in [-0.1, -0.05) is 45.2 Å². The van der Waals surface area contributed by atoms with Crippen molar-refractivity contribution in [2.75, 3.05) is 26.8 Å². The van der Waals surface area contributed by atoms with E-state index in [1.165, 1.54) is 0 Å². The lowest BCUT2D eigenvalue weighted by Crippen LogP contribution is -2.44. The number of amides is 1. The molecule has 1 atom stereocenters. The van der Waals surface area contributed by atoms with E-state index in [1.54, 1.807) is 46.4 Å². The summed E-state index contributed by atoms with van der Waals surface area (Å²) in [5.41, 5.74) is -2.02. The third-order valence-corrected chi connectivity index (χ3v) is 5.32. The van der Waals surface area contributed by atoms with Gasteiger partial charge in [0.2, 0.25) is 0 Å². The number of hydrogen-bond donors (Lipinski definition) is 1. The van der Waals surface area contributed by atoms with Crippen LogP contribution < -0.4 is 10.2 Å². The minimum absolute atomic E-state index is 0.0995. The van der Waals surface area contributed by atoms with Gasteiger partial charge in [0.1, 0.15) is 34.6 Å². The molecule has 198 valence electrons. The second-order valence-corrected chi connectivity index (χ2v) is 12.0. The Bertz CT molecular complexity index is 872. The van der Waals surface area contributed by atoms with Gasteiger partial charge in [-0.05, 0) is 60.1 Å². The average Bonchev–Trinajstić information content (AvgIpc) is 2.68. The van der Waals surface area contributed by atoms with Crippen molar-refractivity contribution in [3.63, 3.8) is 0 Å². The maximum atomic E-state index is 14.9. The fourth-order valence-electron chi connectivity index (χ4n) is 3.06. The molecule has 1 unspecified atom stereocenters. The van der Waals surface area contributed by atoms with Gasteiger partial charge in [0.25, 0.3) is 5.91 Å². The Labute approximate surface area is 233 Å². The van der Waals surface area contributed by atoms with Crippen molar-refractivity contribution < 1.29 is 32.6 Å². The van der Waals surface area contributed by atoms with Crippen molar-refractivity contribution >= 4 is 68.7 Å². The predicted octanol–water partition coefficient (Wildman–Crippen LogP) is 5.20. The molecule has 0 fully saturated rings. The van der Waals surface area contributed by atoms with E-state index < -0.39 is 46.7 Å². The minimum Gasteiger partial charge on any atom is -0.460 e. The SMILES string of the molecule is CC(C)(C)OC(=O)CCC(NC(=O)c1cc(F)c(N(CCI)CCI)c(F)c1)C(=O)OC(C)(C)C. The van der Waals surface area contributed by atoms with Gasteiger partial charge in [-0.2, -0.15) is 0 Å². The van der Waals surface area contributed by atoms with Gasteiger partial charge < -0.3 is 19.7 Å². The van der Waals surface area contributed by atoms with Crippen molar-refractivity contribution in [2.24, 2.45) is 0 Å². The largest absolute Gasteiger partial charge is 0.460 e. The Morgan fingerprint density at radius 2 is 1.43 bits per heavy atom. The predicted molar refractivity (Wildman–Crippen MR) is 149 cm³/mol. The first-order valence-electron chi connectivity index (χ1n) is 11.2. The molecule has 0 aromatic heterocycles. The fraction of sp³-hybridized carbons (Fsp3) is 0.625. The summed E-state index contributed by atoms with van der Waals surface area (Å²) >= 11 is 4.25. The number of halogens is 4. The Kier molecular flexibility index (Phi) is 12.6. The number of anilines is 1. The van der Waals surface area contributed by atoms with E-state index in [-0.39, 0.29) is 24.1 Å². The topological polar surface area (TPSA) is 84.9 Å². The Morgan fingerprint density at radius 1 is 0.943 bits per heavy atom. The highest BCUT2D eigenvalue weighted by atomic mass is 127. The van der Waals surface area contributed by atoms with E-state index >= 15 is 0 Å². The molecular formula is C24H34F2I2N2O5. The molecule has 0 heterocycles. The molecule has 0 aliphatic rings. The van der Waals surface area contributed by atoms with E-state index in [0.29, 0.717) is 21.9 Å². The van der Waals surface area contributed by atoms with Crippen LogP contribution in [-0.2, 0) is 19.1 Å². The molecule has 0 aliphatic carbocycles. The van der Waals surface area contributed by atoms with Crippen molar-refractivity contribution in [3.05, 3.63) is 29.3 Å². The van der Waals surface area contributed by atoms with Gasteiger partial charge in [-0.3, -0.25) is 9.59 Å². The van der Waals surface area contributed by atoms with E-state index in [0.717, 1.165) is 12.1 Å². The van der Waals surface area contributed by atoms with Crippen LogP contribution in [-0.4, -0.2) is 57.0 Å². The maximum Gasteiger partial charge on any atom is 0.329 e. The second kappa shape index (κ2) is 13.9. The van der Waals surface area contributed by atoms with E-state index in [4.69, 9.17) is 9.47 Å². The molecule has 0 saturated heterocycles. The third-order valence-electron chi connectivity index (χ3n) is 4.36. The first-order chi connectivity index (χ1) is 16.1. The van der Waals surface area contributed by atoms with Gasteiger partial charge >= 0.3 is 11.9 Å². The molecule has 7 nitrogen and oxygen atoms in total. The van der Waals surface area contributed by atoms with Crippen molar-refractivity contribution in [1.82, 2.24) is 5.32 Å². The zero-order chi connectivity index (χ0) is 27.0. The smallest absolute Gasteiger partial charge is 0.329 e. The molecule has 0 saturated carbocycles. The monoisotopic (exact) mass is 722 g/mol. The standard InChI is InChI=1S/C24H34F2I2N2O5/c1-23(2,3)34-19(31)8-7-18(22(33)35-24(4,5)6)29-21(32)15-13-16(25)20(17(26)14-15)30(11-9-27)12-10-28/h13-14,18H,7-12H2,1-6H3,(H,29,32). The summed E-state index contributed by atoms with van der Waals surface area (Å²) in [6.07, 6.45) is -0.262. The van der Waals surface area contributed by atoms with Crippen LogP contribution in [0.25, 0.3) is 0 Å². The number of benzene rings is 1. The van der Waals surface area contributed by atoms with Gasteiger partial charge in [-0.15, -0.1) is 0 Å². The number of carbonyl (C=O) groups excluding carboxylic acids is 3. The van der Waals surface area contributed by atoms with Gasteiger partial charge in [-0.25, -0.2) is 13.6 Å².